The molecule has 1 atom stereocenters. The Balaban J connectivity index is 2.10. The van der Waals surface area contributed by atoms with E-state index in [2.05, 4.69) is 47.5 Å². The molecule has 1 N–H and O–H groups in total. The van der Waals surface area contributed by atoms with E-state index in [1.807, 2.05) is 7.05 Å². The third-order valence-electron chi connectivity index (χ3n) is 4.00. The standard InChI is InChI=1S/C16H21N3/c1-12-6-5-9-19(12)16-10-13(11-17-2)14-7-3-4-8-15(14)18-16/h3-4,7-8,10,12,17H,5-6,9,11H2,1-2H3. The zero-order chi connectivity index (χ0) is 13.2. The summed E-state index contributed by atoms with van der Waals surface area (Å²) in [5, 5.41) is 4.52. The molecule has 2 aromatic rings. The molecule has 0 spiro atoms. The lowest BCUT2D eigenvalue weighted by molar-refractivity contribution is 0.727. The van der Waals surface area contributed by atoms with Crippen LogP contribution in [0.2, 0.25) is 0 Å². The maximum absolute atomic E-state index is 4.85. The first-order valence-electron chi connectivity index (χ1n) is 7.09. The maximum atomic E-state index is 4.85. The van der Waals surface area contributed by atoms with Crippen molar-refractivity contribution in [2.24, 2.45) is 0 Å². The molecule has 1 fully saturated rings. The van der Waals surface area contributed by atoms with Crippen molar-refractivity contribution >= 4 is 16.7 Å². The molecule has 100 valence electrons. The largest absolute Gasteiger partial charge is 0.354 e. The van der Waals surface area contributed by atoms with Crippen LogP contribution in [0.4, 0.5) is 5.82 Å². The summed E-state index contributed by atoms with van der Waals surface area (Å²) in [5.74, 6) is 1.13. The number of fused-ring (bicyclic) bond motifs is 1. The average Bonchev–Trinajstić information content (AvgIpc) is 2.85. The lowest BCUT2D eigenvalue weighted by Crippen LogP contribution is -2.27. The van der Waals surface area contributed by atoms with Crippen molar-refractivity contribution in [1.29, 1.82) is 0 Å². The van der Waals surface area contributed by atoms with Crippen LogP contribution < -0.4 is 10.2 Å². The number of aromatic nitrogens is 1. The molecule has 1 aromatic carbocycles. The SMILES string of the molecule is CNCc1cc(N2CCCC2C)nc2ccccc12. The number of benzene rings is 1. The van der Waals surface area contributed by atoms with Crippen LogP contribution in [-0.4, -0.2) is 24.6 Å². The van der Waals surface area contributed by atoms with Crippen LogP contribution in [0.5, 0.6) is 0 Å². The van der Waals surface area contributed by atoms with Crippen LogP contribution in [-0.2, 0) is 6.54 Å². The van der Waals surface area contributed by atoms with Gasteiger partial charge in [0.05, 0.1) is 5.52 Å². The van der Waals surface area contributed by atoms with Crippen LogP contribution in [0.15, 0.2) is 30.3 Å². The Bertz CT molecular complexity index is 579. The maximum Gasteiger partial charge on any atom is 0.129 e. The molecule has 3 rings (SSSR count). The highest BCUT2D eigenvalue weighted by Crippen LogP contribution is 2.28. The lowest BCUT2D eigenvalue weighted by atomic mass is 10.1. The Hall–Kier alpha value is -1.61. The van der Waals surface area contributed by atoms with Gasteiger partial charge in [-0.1, -0.05) is 18.2 Å². The Kier molecular flexibility index (Phi) is 3.38. The van der Waals surface area contributed by atoms with Crippen LogP contribution in [0.3, 0.4) is 0 Å². The molecule has 1 unspecified atom stereocenters. The Morgan fingerprint density at radius 2 is 2.21 bits per heavy atom. The second-order valence-corrected chi connectivity index (χ2v) is 5.37. The van der Waals surface area contributed by atoms with Gasteiger partial charge >= 0.3 is 0 Å². The monoisotopic (exact) mass is 255 g/mol. The van der Waals surface area contributed by atoms with E-state index in [4.69, 9.17) is 4.98 Å². The molecule has 2 heterocycles. The van der Waals surface area contributed by atoms with Gasteiger partial charge in [-0.05, 0) is 44.5 Å². The second kappa shape index (κ2) is 5.17. The van der Waals surface area contributed by atoms with Gasteiger partial charge in [0.15, 0.2) is 0 Å². The fourth-order valence-electron chi connectivity index (χ4n) is 2.99. The Morgan fingerprint density at radius 1 is 1.37 bits per heavy atom. The number of anilines is 1. The minimum Gasteiger partial charge on any atom is -0.354 e. The summed E-state index contributed by atoms with van der Waals surface area (Å²) < 4.78 is 0. The van der Waals surface area contributed by atoms with Crippen LogP contribution in [0, 0.1) is 0 Å². The molecular formula is C16H21N3. The molecule has 1 saturated heterocycles. The molecule has 3 heteroatoms. The van der Waals surface area contributed by atoms with Gasteiger partial charge in [-0.25, -0.2) is 4.98 Å². The van der Waals surface area contributed by atoms with Crippen molar-refractivity contribution < 1.29 is 0 Å². The van der Waals surface area contributed by atoms with Gasteiger partial charge in [0.25, 0.3) is 0 Å². The summed E-state index contributed by atoms with van der Waals surface area (Å²) in [4.78, 5) is 7.28. The number of para-hydroxylation sites is 1. The van der Waals surface area contributed by atoms with Gasteiger partial charge < -0.3 is 10.2 Å². The summed E-state index contributed by atoms with van der Waals surface area (Å²) in [5.41, 5.74) is 2.44. The van der Waals surface area contributed by atoms with Crippen LogP contribution in [0.1, 0.15) is 25.3 Å². The van der Waals surface area contributed by atoms with Gasteiger partial charge in [0.2, 0.25) is 0 Å². The van der Waals surface area contributed by atoms with Gasteiger partial charge in [0, 0.05) is 24.5 Å². The fraction of sp³-hybridized carbons (Fsp3) is 0.438. The highest BCUT2D eigenvalue weighted by Gasteiger charge is 2.22. The fourth-order valence-corrected chi connectivity index (χ4v) is 2.99. The number of pyridine rings is 1. The molecule has 1 aliphatic rings. The number of nitrogens with zero attached hydrogens (tertiary/aromatic N) is 2. The number of nitrogens with one attached hydrogen (secondary N) is 1. The topological polar surface area (TPSA) is 28.2 Å². The normalized spacial score (nSPS) is 19.3. The summed E-state index contributed by atoms with van der Waals surface area (Å²) in [7, 11) is 1.99. The summed E-state index contributed by atoms with van der Waals surface area (Å²) in [6.07, 6.45) is 2.55. The predicted molar refractivity (Wildman–Crippen MR) is 80.5 cm³/mol. The quantitative estimate of drug-likeness (QED) is 0.914. The van der Waals surface area contributed by atoms with Crippen molar-refractivity contribution in [2.75, 3.05) is 18.5 Å². The average molecular weight is 255 g/mol. The molecule has 0 saturated carbocycles. The van der Waals surface area contributed by atoms with E-state index in [0.717, 1.165) is 24.4 Å². The number of hydrogen-bond acceptors (Lipinski definition) is 3. The predicted octanol–water partition coefficient (Wildman–Crippen LogP) is 2.94. The molecule has 0 amide bonds. The first kappa shape index (κ1) is 12.4. The van der Waals surface area contributed by atoms with E-state index in [0.29, 0.717) is 6.04 Å². The van der Waals surface area contributed by atoms with Crippen molar-refractivity contribution in [1.82, 2.24) is 10.3 Å². The van der Waals surface area contributed by atoms with Gasteiger partial charge in [-0.2, -0.15) is 0 Å². The van der Waals surface area contributed by atoms with E-state index in [9.17, 15) is 0 Å². The molecule has 19 heavy (non-hydrogen) atoms. The first-order valence-corrected chi connectivity index (χ1v) is 7.09. The Labute approximate surface area is 114 Å². The van der Waals surface area contributed by atoms with Crippen molar-refractivity contribution in [3.05, 3.63) is 35.9 Å². The zero-order valence-corrected chi connectivity index (χ0v) is 11.7. The summed E-state index contributed by atoms with van der Waals surface area (Å²) in [6, 6.07) is 11.3. The number of rotatable bonds is 3. The Morgan fingerprint density at radius 3 is 2.95 bits per heavy atom. The van der Waals surface area contributed by atoms with E-state index >= 15 is 0 Å². The molecule has 0 aliphatic carbocycles. The first-order chi connectivity index (χ1) is 9.29. The molecular weight excluding hydrogens is 234 g/mol. The molecule has 0 bridgehead atoms. The van der Waals surface area contributed by atoms with Crippen molar-refractivity contribution in [2.45, 2.75) is 32.4 Å². The molecule has 3 nitrogen and oxygen atoms in total. The van der Waals surface area contributed by atoms with Gasteiger partial charge in [-0.3, -0.25) is 0 Å². The van der Waals surface area contributed by atoms with Gasteiger partial charge in [0.1, 0.15) is 5.82 Å². The molecule has 1 aliphatic heterocycles. The van der Waals surface area contributed by atoms with Crippen molar-refractivity contribution in [3.8, 4) is 0 Å². The van der Waals surface area contributed by atoms with E-state index in [1.54, 1.807) is 0 Å². The minimum atomic E-state index is 0.607. The van der Waals surface area contributed by atoms with E-state index in [1.165, 1.54) is 23.8 Å². The van der Waals surface area contributed by atoms with Crippen LogP contribution >= 0.6 is 0 Å². The van der Waals surface area contributed by atoms with Crippen molar-refractivity contribution in [3.63, 3.8) is 0 Å². The highest BCUT2D eigenvalue weighted by molar-refractivity contribution is 5.84. The third kappa shape index (κ3) is 2.30. The lowest BCUT2D eigenvalue weighted by Gasteiger charge is -2.23. The third-order valence-corrected chi connectivity index (χ3v) is 4.00. The van der Waals surface area contributed by atoms with E-state index in [-0.39, 0.29) is 0 Å². The van der Waals surface area contributed by atoms with E-state index < -0.39 is 0 Å². The zero-order valence-electron chi connectivity index (χ0n) is 11.7. The summed E-state index contributed by atoms with van der Waals surface area (Å²) in [6.45, 7) is 4.31. The number of hydrogen-bond donors (Lipinski definition) is 1. The summed E-state index contributed by atoms with van der Waals surface area (Å²) >= 11 is 0. The van der Waals surface area contributed by atoms with Gasteiger partial charge in [-0.15, -0.1) is 0 Å². The van der Waals surface area contributed by atoms with Crippen LogP contribution in [0.25, 0.3) is 10.9 Å². The smallest absolute Gasteiger partial charge is 0.129 e. The second-order valence-electron chi connectivity index (χ2n) is 5.37. The molecule has 1 aromatic heterocycles. The minimum absolute atomic E-state index is 0.607. The molecule has 0 radical (unpaired) electrons. The highest BCUT2D eigenvalue weighted by atomic mass is 15.2.